The van der Waals surface area contributed by atoms with E-state index in [0.717, 1.165) is 13.1 Å². The summed E-state index contributed by atoms with van der Waals surface area (Å²) in [6.45, 7) is 2.03. The molecule has 94 valence electrons. The van der Waals surface area contributed by atoms with Gasteiger partial charge in [0.15, 0.2) is 0 Å². The number of para-hydroxylation sites is 1. The van der Waals surface area contributed by atoms with Crippen molar-refractivity contribution in [3.63, 3.8) is 0 Å². The van der Waals surface area contributed by atoms with E-state index >= 15 is 0 Å². The van der Waals surface area contributed by atoms with Crippen molar-refractivity contribution in [2.24, 2.45) is 0 Å². The van der Waals surface area contributed by atoms with E-state index in [0.29, 0.717) is 0 Å². The van der Waals surface area contributed by atoms with E-state index in [4.69, 9.17) is 0 Å². The number of hydrogen-bond acceptors (Lipinski definition) is 2. The molecule has 3 aromatic rings. The number of aromatic nitrogens is 2. The maximum atomic E-state index is 4.10. The van der Waals surface area contributed by atoms with Crippen molar-refractivity contribution in [2.45, 2.75) is 12.6 Å². The molecule has 3 heteroatoms. The quantitative estimate of drug-likeness (QED) is 0.718. The number of rotatable bonds is 1. The third-order valence-corrected chi connectivity index (χ3v) is 3.86. The lowest BCUT2D eigenvalue weighted by atomic mass is 10.0. The van der Waals surface area contributed by atoms with E-state index in [-0.39, 0.29) is 6.04 Å². The summed E-state index contributed by atoms with van der Waals surface area (Å²) in [4.78, 5) is 4.10. The van der Waals surface area contributed by atoms with Crippen LogP contribution in [-0.2, 0) is 6.54 Å². The highest BCUT2D eigenvalue weighted by atomic mass is 15.1. The standard InChI is InChI=1S/C16H15N3/c1-2-4-14-13(3-1)11-15-16(18-9-10-19(14)15)12-5-7-17-8-6-12/h1-8,11,16,18H,9-10H2. The summed E-state index contributed by atoms with van der Waals surface area (Å²) in [6, 6.07) is 15.3. The van der Waals surface area contributed by atoms with Crippen LogP contribution in [0.5, 0.6) is 0 Å². The maximum Gasteiger partial charge on any atom is 0.0733 e. The van der Waals surface area contributed by atoms with Gasteiger partial charge in [0.05, 0.1) is 6.04 Å². The van der Waals surface area contributed by atoms with Gasteiger partial charge in [-0.3, -0.25) is 4.98 Å². The topological polar surface area (TPSA) is 29.9 Å². The van der Waals surface area contributed by atoms with E-state index in [1.807, 2.05) is 12.4 Å². The Morgan fingerprint density at radius 1 is 1.11 bits per heavy atom. The molecule has 0 radical (unpaired) electrons. The number of nitrogens with one attached hydrogen (secondary N) is 1. The number of fused-ring (bicyclic) bond motifs is 3. The Morgan fingerprint density at radius 3 is 2.84 bits per heavy atom. The van der Waals surface area contributed by atoms with E-state index in [1.165, 1.54) is 22.2 Å². The molecular weight excluding hydrogens is 234 g/mol. The van der Waals surface area contributed by atoms with E-state index in [2.05, 4.69) is 57.3 Å². The second-order valence-electron chi connectivity index (χ2n) is 4.95. The smallest absolute Gasteiger partial charge is 0.0733 e. The van der Waals surface area contributed by atoms with E-state index < -0.39 is 0 Å². The van der Waals surface area contributed by atoms with Gasteiger partial charge in [-0.05, 0) is 35.2 Å². The molecule has 1 aliphatic heterocycles. The summed E-state index contributed by atoms with van der Waals surface area (Å²) in [5, 5.41) is 4.92. The minimum absolute atomic E-state index is 0.268. The number of hydrogen-bond donors (Lipinski definition) is 1. The molecule has 19 heavy (non-hydrogen) atoms. The molecular formula is C16H15N3. The van der Waals surface area contributed by atoms with Crippen LogP contribution in [-0.4, -0.2) is 16.1 Å². The van der Waals surface area contributed by atoms with Crippen molar-refractivity contribution >= 4 is 10.9 Å². The minimum Gasteiger partial charge on any atom is -0.341 e. The van der Waals surface area contributed by atoms with Crippen molar-refractivity contribution in [1.82, 2.24) is 14.9 Å². The first-order valence-corrected chi connectivity index (χ1v) is 6.65. The normalized spacial score (nSPS) is 18.4. The lowest BCUT2D eigenvalue weighted by Gasteiger charge is -2.27. The molecule has 0 saturated carbocycles. The van der Waals surface area contributed by atoms with Crippen LogP contribution in [0.3, 0.4) is 0 Å². The Labute approximate surface area is 111 Å². The zero-order valence-electron chi connectivity index (χ0n) is 10.6. The summed E-state index contributed by atoms with van der Waals surface area (Å²) in [5.41, 5.74) is 3.95. The van der Waals surface area contributed by atoms with Gasteiger partial charge in [0.1, 0.15) is 0 Å². The molecule has 0 bridgehead atoms. The Bertz CT molecular complexity index is 715. The van der Waals surface area contributed by atoms with Gasteiger partial charge in [-0.2, -0.15) is 0 Å². The van der Waals surface area contributed by atoms with Crippen molar-refractivity contribution < 1.29 is 0 Å². The molecule has 3 nitrogen and oxygen atoms in total. The average Bonchev–Trinajstić information content (AvgIpc) is 2.87. The second-order valence-corrected chi connectivity index (χ2v) is 4.95. The Hall–Kier alpha value is -2.13. The van der Waals surface area contributed by atoms with E-state index in [9.17, 15) is 0 Å². The maximum absolute atomic E-state index is 4.10. The average molecular weight is 249 g/mol. The Balaban J connectivity index is 1.91. The Kier molecular flexibility index (Phi) is 2.38. The molecule has 0 fully saturated rings. The van der Waals surface area contributed by atoms with Gasteiger partial charge in [-0.25, -0.2) is 0 Å². The molecule has 4 rings (SSSR count). The van der Waals surface area contributed by atoms with Gasteiger partial charge in [-0.1, -0.05) is 18.2 Å². The SMILES string of the molecule is c1ccc2c(c1)cc1n2CCNC1c1ccncc1. The molecule has 1 N–H and O–H groups in total. The molecule has 0 saturated heterocycles. The predicted molar refractivity (Wildman–Crippen MR) is 76.0 cm³/mol. The van der Waals surface area contributed by atoms with Gasteiger partial charge in [0.25, 0.3) is 0 Å². The Morgan fingerprint density at radius 2 is 1.95 bits per heavy atom. The molecule has 0 spiro atoms. The van der Waals surface area contributed by atoms with Crippen LogP contribution >= 0.6 is 0 Å². The van der Waals surface area contributed by atoms with Crippen molar-refractivity contribution in [2.75, 3.05) is 6.54 Å². The monoisotopic (exact) mass is 249 g/mol. The first kappa shape index (κ1) is 10.8. The van der Waals surface area contributed by atoms with Crippen LogP contribution in [0, 0.1) is 0 Å². The molecule has 1 aliphatic rings. The molecule has 2 aromatic heterocycles. The molecule has 0 aliphatic carbocycles. The van der Waals surface area contributed by atoms with Crippen molar-refractivity contribution in [3.05, 3.63) is 66.1 Å². The zero-order valence-corrected chi connectivity index (χ0v) is 10.6. The fraction of sp³-hybridized carbons (Fsp3) is 0.188. The van der Waals surface area contributed by atoms with Crippen LogP contribution in [0.1, 0.15) is 17.3 Å². The number of benzene rings is 1. The van der Waals surface area contributed by atoms with Gasteiger partial charge in [0, 0.05) is 36.7 Å². The summed E-state index contributed by atoms with van der Waals surface area (Å²) >= 11 is 0. The van der Waals surface area contributed by atoms with Crippen LogP contribution in [0.4, 0.5) is 0 Å². The molecule has 1 aromatic carbocycles. The van der Waals surface area contributed by atoms with Crippen molar-refractivity contribution in [3.8, 4) is 0 Å². The van der Waals surface area contributed by atoms with Crippen LogP contribution in [0.15, 0.2) is 54.9 Å². The summed E-state index contributed by atoms with van der Waals surface area (Å²) in [5.74, 6) is 0. The van der Waals surface area contributed by atoms with E-state index in [1.54, 1.807) is 0 Å². The summed E-state index contributed by atoms with van der Waals surface area (Å²) in [6.07, 6.45) is 3.72. The fourth-order valence-corrected chi connectivity index (χ4v) is 2.99. The first-order chi connectivity index (χ1) is 9.43. The molecule has 0 amide bonds. The summed E-state index contributed by atoms with van der Waals surface area (Å²) in [7, 11) is 0. The molecule has 3 heterocycles. The highest BCUT2D eigenvalue weighted by molar-refractivity contribution is 5.81. The summed E-state index contributed by atoms with van der Waals surface area (Å²) < 4.78 is 2.43. The number of nitrogens with zero attached hydrogens (tertiary/aromatic N) is 2. The lowest BCUT2D eigenvalue weighted by Crippen LogP contribution is -2.33. The van der Waals surface area contributed by atoms with Crippen molar-refractivity contribution in [1.29, 1.82) is 0 Å². The first-order valence-electron chi connectivity index (χ1n) is 6.65. The lowest BCUT2D eigenvalue weighted by molar-refractivity contribution is 0.475. The zero-order chi connectivity index (χ0) is 12.7. The van der Waals surface area contributed by atoms with Crippen LogP contribution < -0.4 is 5.32 Å². The molecule has 1 unspecified atom stereocenters. The third-order valence-electron chi connectivity index (χ3n) is 3.86. The highest BCUT2D eigenvalue weighted by Gasteiger charge is 2.23. The van der Waals surface area contributed by atoms with Gasteiger partial charge >= 0.3 is 0 Å². The molecule has 1 atom stereocenters. The second kappa shape index (κ2) is 4.21. The van der Waals surface area contributed by atoms with Crippen LogP contribution in [0.2, 0.25) is 0 Å². The highest BCUT2D eigenvalue weighted by Crippen LogP contribution is 2.30. The largest absolute Gasteiger partial charge is 0.341 e. The van der Waals surface area contributed by atoms with Crippen LogP contribution in [0.25, 0.3) is 10.9 Å². The predicted octanol–water partition coefficient (Wildman–Crippen LogP) is 2.73. The number of pyridine rings is 1. The minimum atomic E-state index is 0.268. The third kappa shape index (κ3) is 1.66. The van der Waals surface area contributed by atoms with Gasteiger partial charge < -0.3 is 9.88 Å². The van der Waals surface area contributed by atoms with Gasteiger partial charge in [0.2, 0.25) is 0 Å². The fourth-order valence-electron chi connectivity index (χ4n) is 2.99. The van der Waals surface area contributed by atoms with Gasteiger partial charge in [-0.15, -0.1) is 0 Å².